The van der Waals surface area contributed by atoms with Crippen LogP contribution in [-0.2, 0) is 14.8 Å². The van der Waals surface area contributed by atoms with E-state index < -0.39 is 38.9 Å². The van der Waals surface area contributed by atoms with Gasteiger partial charge in [-0.1, -0.05) is 17.7 Å². The predicted octanol–water partition coefficient (Wildman–Crippen LogP) is 1.70. The number of sulfonamides is 1. The third-order valence-corrected chi connectivity index (χ3v) is 5.74. The SMILES string of the molecule is Cc1ccc(NS(=O)(=O)C2NNCC2C(=O)Nc2ccc(F)c(F)c2)cc1. The molecule has 144 valence electrons. The van der Waals surface area contributed by atoms with Crippen LogP contribution in [0.1, 0.15) is 5.56 Å². The molecular weight excluding hydrogens is 378 g/mol. The fourth-order valence-corrected chi connectivity index (χ4v) is 4.14. The molecule has 27 heavy (non-hydrogen) atoms. The summed E-state index contributed by atoms with van der Waals surface area (Å²) in [6.07, 6.45) is 0. The zero-order chi connectivity index (χ0) is 19.6. The molecule has 0 radical (unpaired) electrons. The summed E-state index contributed by atoms with van der Waals surface area (Å²) in [5.41, 5.74) is 6.60. The highest BCUT2D eigenvalue weighted by Gasteiger charge is 2.42. The molecule has 10 heteroatoms. The molecule has 2 atom stereocenters. The van der Waals surface area contributed by atoms with E-state index in [0.29, 0.717) is 5.69 Å². The van der Waals surface area contributed by atoms with E-state index in [2.05, 4.69) is 20.9 Å². The van der Waals surface area contributed by atoms with Crippen LogP contribution in [0, 0.1) is 24.5 Å². The summed E-state index contributed by atoms with van der Waals surface area (Å²) in [7, 11) is -3.95. The molecule has 4 N–H and O–H groups in total. The van der Waals surface area contributed by atoms with Gasteiger partial charge >= 0.3 is 0 Å². The molecule has 0 saturated carbocycles. The van der Waals surface area contributed by atoms with Crippen molar-refractivity contribution in [1.29, 1.82) is 0 Å². The van der Waals surface area contributed by atoms with E-state index in [4.69, 9.17) is 0 Å². The molecule has 2 aromatic carbocycles. The van der Waals surface area contributed by atoms with Crippen LogP contribution in [0.2, 0.25) is 0 Å². The van der Waals surface area contributed by atoms with Crippen LogP contribution in [-0.4, -0.2) is 26.2 Å². The Morgan fingerprint density at radius 1 is 1.07 bits per heavy atom. The van der Waals surface area contributed by atoms with Gasteiger partial charge in [0.05, 0.1) is 5.92 Å². The first-order valence-corrected chi connectivity index (χ1v) is 9.63. The minimum Gasteiger partial charge on any atom is -0.326 e. The van der Waals surface area contributed by atoms with Crippen LogP contribution in [0.5, 0.6) is 0 Å². The summed E-state index contributed by atoms with van der Waals surface area (Å²) in [5, 5.41) is 1.16. The first-order valence-electron chi connectivity index (χ1n) is 8.09. The summed E-state index contributed by atoms with van der Waals surface area (Å²) >= 11 is 0. The second-order valence-electron chi connectivity index (χ2n) is 6.18. The van der Waals surface area contributed by atoms with Crippen LogP contribution < -0.4 is 20.9 Å². The average Bonchev–Trinajstić information content (AvgIpc) is 3.11. The molecule has 1 amide bonds. The Hall–Kier alpha value is -2.56. The van der Waals surface area contributed by atoms with Crippen molar-refractivity contribution in [3.8, 4) is 0 Å². The number of carbonyl (C=O) groups excluding carboxylic acids is 1. The summed E-state index contributed by atoms with van der Waals surface area (Å²) < 4.78 is 54.0. The van der Waals surface area contributed by atoms with Crippen molar-refractivity contribution in [1.82, 2.24) is 10.9 Å². The van der Waals surface area contributed by atoms with Crippen molar-refractivity contribution in [2.75, 3.05) is 16.6 Å². The molecule has 1 fully saturated rings. The molecule has 1 heterocycles. The van der Waals surface area contributed by atoms with Crippen LogP contribution in [0.15, 0.2) is 42.5 Å². The fraction of sp³-hybridized carbons (Fsp3) is 0.235. The van der Waals surface area contributed by atoms with Gasteiger partial charge in [0.15, 0.2) is 17.0 Å². The second kappa shape index (κ2) is 7.59. The number of amides is 1. The Bertz CT molecular complexity index is 951. The summed E-state index contributed by atoms with van der Waals surface area (Å²) in [6.45, 7) is 1.92. The van der Waals surface area contributed by atoms with Crippen LogP contribution in [0.4, 0.5) is 20.2 Å². The van der Waals surface area contributed by atoms with Gasteiger partial charge in [-0.3, -0.25) is 14.9 Å². The number of nitrogens with one attached hydrogen (secondary N) is 4. The molecule has 0 aromatic heterocycles. The lowest BCUT2D eigenvalue weighted by Gasteiger charge is -2.19. The van der Waals surface area contributed by atoms with Crippen molar-refractivity contribution in [3.05, 3.63) is 59.7 Å². The largest absolute Gasteiger partial charge is 0.326 e. The van der Waals surface area contributed by atoms with Crippen molar-refractivity contribution in [3.63, 3.8) is 0 Å². The highest BCUT2D eigenvalue weighted by molar-refractivity contribution is 7.93. The molecule has 1 aliphatic heterocycles. The molecule has 2 unspecified atom stereocenters. The van der Waals surface area contributed by atoms with E-state index in [0.717, 1.165) is 17.7 Å². The van der Waals surface area contributed by atoms with E-state index >= 15 is 0 Å². The summed E-state index contributed by atoms with van der Waals surface area (Å²) in [4.78, 5) is 12.5. The molecular formula is C17H18F2N4O3S. The van der Waals surface area contributed by atoms with Gasteiger partial charge < -0.3 is 5.32 Å². The number of carbonyl (C=O) groups is 1. The Morgan fingerprint density at radius 2 is 1.74 bits per heavy atom. The third-order valence-electron chi connectivity index (χ3n) is 4.10. The zero-order valence-corrected chi connectivity index (χ0v) is 15.1. The molecule has 3 rings (SSSR count). The Morgan fingerprint density at radius 3 is 2.41 bits per heavy atom. The lowest BCUT2D eigenvalue weighted by Crippen LogP contribution is -2.45. The van der Waals surface area contributed by atoms with E-state index in [1.807, 2.05) is 6.92 Å². The minimum absolute atomic E-state index is 0.0356. The van der Waals surface area contributed by atoms with Gasteiger partial charge in [0, 0.05) is 24.0 Å². The normalized spacial score (nSPS) is 19.7. The van der Waals surface area contributed by atoms with E-state index in [1.54, 1.807) is 24.3 Å². The first-order chi connectivity index (χ1) is 12.8. The fourth-order valence-electron chi connectivity index (χ4n) is 2.66. The summed E-state index contributed by atoms with van der Waals surface area (Å²) in [6, 6.07) is 9.65. The highest BCUT2D eigenvalue weighted by atomic mass is 32.2. The maximum absolute atomic E-state index is 13.3. The average molecular weight is 396 g/mol. The van der Waals surface area contributed by atoms with E-state index in [-0.39, 0.29) is 12.2 Å². The van der Waals surface area contributed by atoms with Crippen LogP contribution >= 0.6 is 0 Å². The van der Waals surface area contributed by atoms with E-state index in [9.17, 15) is 22.0 Å². The number of rotatable bonds is 5. The van der Waals surface area contributed by atoms with Crippen molar-refractivity contribution in [2.45, 2.75) is 12.3 Å². The lowest BCUT2D eigenvalue weighted by atomic mass is 10.1. The quantitative estimate of drug-likeness (QED) is 0.617. The van der Waals surface area contributed by atoms with Gasteiger partial charge in [-0.25, -0.2) is 22.6 Å². The smallest absolute Gasteiger partial charge is 0.250 e. The number of anilines is 2. The second-order valence-corrected chi connectivity index (χ2v) is 7.99. The monoisotopic (exact) mass is 396 g/mol. The number of halogens is 2. The predicted molar refractivity (Wildman–Crippen MR) is 97.1 cm³/mol. The number of benzene rings is 2. The number of aryl methyl sites for hydroxylation is 1. The molecule has 0 aliphatic carbocycles. The molecule has 0 spiro atoms. The first kappa shape index (κ1) is 19.2. The molecule has 7 nitrogen and oxygen atoms in total. The number of hydrogen-bond donors (Lipinski definition) is 4. The van der Waals surface area contributed by atoms with Crippen molar-refractivity contribution < 1.29 is 22.0 Å². The van der Waals surface area contributed by atoms with E-state index in [1.165, 1.54) is 6.07 Å². The molecule has 1 saturated heterocycles. The lowest BCUT2D eigenvalue weighted by molar-refractivity contribution is -0.119. The Balaban J connectivity index is 1.74. The summed E-state index contributed by atoms with van der Waals surface area (Å²) in [5.74, 6) is -3.78. The molecule has 0 bridgehead atoms. The van der Waals surface area contributed by atoms with Gasteiger partial charge in [0.2, 0.25) is 5.91 Å². The van der Waals surface area contributed by atoms with Crippen LogP contribution in [0.25, 0.3) is 0 Å². The minimum atomic E-state index is -3.95. The van der Waals surface area contributed by atoms with Gasteiger partial charge in [0.25, 0.3) is 10.0 Å². The third kappa shape index (κ3) is 4.41. The number of hydrazine groups is 1. The van der Waals surface area contributed by atoms with Crippen LogP contribution in [0.3, 0.4) is 0 Å². The maximum Gasteiger partial charge on any atom is 0.250 e. The van der Waals surface area contributed by atoms with Crippen molar-refractivity contribution >= 4 is 27.3 Å². The standard InChI is InChI=1S/C17H18F2N4O3S/c1-10-2-4-11(5-3-10)23-27(25,26)17-13(9-20-22-17)16(24)21-12-6-7-14(18)15(19)8-12/h2-8,13,17,20,22-23H,9H2,1H3,(H,21,24). The van der Waals surface area contributed by atoms with Gasteiger partial charge in [0.1, 0.15) is 0 Å². The number of hydrogen-bond acceptors (Lipinski definition) is 5. The topological polar surface area (TPSA) is 99.3 Å². The van der Waals surface area contributed by atoms with Gasteiger partial charge in [-0.2, -0.15) is 0 Å². The van der Waals surface area contributed by atoms with Crippen molar-refractivity contribution in [2.24, 2.45) is 5.92 Å². The van der Waals surface area contributed by atoms with Gasteiger partial charge in [-0.05, 0) is 31.2 Å². The van der Waals surface area contributed by atoms with Gasteiger partial charge in [-0.15, -0.1) is 0 Å². The molecule has 1 aliphatic rings. The molecule has 2 aromatic rings. The zero-order valence-electron chi connectivity index (χ0n) is 14.3. The Labute approximate surface area is 155 Å². The maximum atomic E-state index is 13.3. The Kier molecular flexibility index (Phi) is 5.40. The highest BCUT2D eigenvalue weighted by Crippen LogP contribution is 2.21.